The molecule has 1 heterocycles. The lowest BCUT2D eigenvalue weighted by Crippen LogP contribution is -2.41. The molecule has 0 bridgehead atoms. The van der Waals surface area contributed by atoms with Crippen LogP contribution in [0.1, 0.15) is 20.8 Å². The molecular weight excluding hydrogens is 156 g/mol. The van der Waals surface area contributed by atoms with Crippen molar-refractivity contribution in [2.24, 2.45) is 0 Å². The van der Waals surface area contributed by atoms with Crippen LogP contribution in [0.3, 0.4) is 0 Å². The van der Waals surface area contributed by atoms with Gasteiger partial charge in [-0.05, 0) is 18.1 Å². The van der Waals surface area contributed by atoms with Crippen LogP contribution >= 0.6 is 0 Å². The molecule has 1 aliphatic heterocycles. The molecule has 0 radical (unpaired) electrons. The largest absolute Gasteiger partial charge is 0.391 e. The maximum Gasteiger partial charge on any atom is 0.195 e. The zero-order valence-electron chi connectivity index (χ0n) is 8.10. The topological polar surface area (TPSA) is 21.8 Å². The monoisotopic (exact) mass is 174 g/mol. The van der Waals surface area contributed by atoms with Gasteiger partial charge in [0.1, 0.15) is 0 Å². The number of ether oxygens (including phenoxy) is 1. The summed E-state index contributed by atoms with van der Waals surface area (Å²) in [6.07, 6.45) is 0.121. The first-order chi connectivity index (χ1) is 4.83. The van der Waals surface area contributed by atoms with Crippen LogP contribution in [-0.4, -0.2) is 21.2 Å². The molecule has 3 heteroatoms. The van der Waals surface area contributed by atoms with E-state index in [1.54, 1.807) is 0 Å². The van der Waals surface area contributed by atoms with E-state index >= 15 is 0 Å². The zero-order chi connectivity index (χ0) is 8.70. The van der Waals surface area contributed by atoms with Crippen LogP contribution in [0.25, 0.3) is 0 Å². The Kier molecular flexibility index (Phi) is 2.16. The van der Waals surface area contributed by atoms with Gasteiger partial charge in [0.05, 0.1) is 6.61 Å². The molecule has 1 atom stereocenters. The summed E-state index contributed by atoms with van der Waals surface area (Å²) in [6, 6.07) is 0. The molecular formula is C8H18O2Si. The molecule has 0 aromatic rings. The van der Waals surface area contributed by atoms with Gasteiger partial charge < -0.3 is 9.16 Å². The molecule has 66 valence electrons. The average Bonchev–Trinajstić information content (AvgIpc) is 2.45. The molecule has 0 spiro atoms. The highest BCUT2D eigenvalue weighted by Gasteiger charge is 2.42. The van der Waals surface area contributed by atoms with E-state index in [1.165, 1.54) is 0 Å². The number of rotatable bonds is 2. The molecule has 0 aliphatic carbocycles. The predicted molar refractivity (Wildman–Crippen MR) is 48.0 cm³/mol. The van der Waals surface area contributed by atoms with Crippen molar-refractivity contribution in [2.45, 2.75) is 45.2 Å². The third kappa shape index (κ3) is 2.29. The lowest BCUT2D eigenvalue weighted by molar-refractivity contribution is 0.162. The van der Waals surface area contributed by atoms with E-state index in [9.17, 15) is 0 Å². The van der Waals surface area contributed by atoms with Crippen molar-refractivity contribution in [3.8, 4) is 0 Å². The first-order valence-electron chi connectivity index (χ1n) is 4.12. The summed E-state index contributed by atoms with van der Waals surface area (Å²) < 4.78 is 10.9. The van der Waals surface area contributed by atoms with Crippen molar-refractivity contribution >= 4 is 8.32 Å². The van der Waals surface area contributed by atoms with Crippen LogP contribution in [0.2, 0.25) is 18.1 Å². The van der Waals surface area contributed by atoms with Crippen LogP contribution in [0, 0.1) is 0 Å². The standard InChI is InChI=1S/C8H18O2Si/c1-8(2,3)11(4,5)10-7-6-9-7/h7H,6H2,1-5H3/t7-/m0/s1. The normalized spacial score (nSPS) is 25.4. The maximum atomic E-state index is 5.83. The maximum absolute atomic E-state index is 5.83. The van der Waals surface area contributed by atoms with Crippen molar-refractivity contribution in [3.05, 3.63) is 0 Å². The Morgan fingerprint density at radius 3 is 2.09 bits per heavy atom. The van der Waals surface area contributed by atoms with Crippen molar-refractivity contribution in [3.63, 3.8) is 0 Å². The first-order valence-corrected chi connectivity index (χ1v) is 7.03. The molecule has 0 aromatic carbocycles. The lowest BCUT2D eigenvalue weighted by Gasteiger charge is -2.35. The molecule has 0 N–H and O–H groups in total. The summed E-state index contributed by atoms with van der Waals surface area (Å²) in [5, 5.41) is 0.305. The van der Waals surface area contributed by atoms with Crippen LogP contribution < -0.4 is 0 Å². The number of epoxide rings is 1. The van der Waals surface area contributed by atoms with E-state index in [4.69, 9.17) is 9.16 Å². The molecule has 11 heavy (non-hydrogen) atoms. The second kappa shape index (κ2) is 2.57. The SMILES string of the molecule is CC(C)(C)[Si](C)(C)O[C@H]1CO1. The quantitative estimate of drug-likeness (QED) is 0.473. The van der Waals surface area contributed by atoms with Crippen LogP contribution in [-0.2, 0) is 9.16 Å². The van der Waals surface area contributed by atoms with Crippen LogP contribution in [0.15, 0.2) is 0 Å². The van der Waals surface area contributed by atoms with E-state index in [2.05, 4.69) is 33.9 Å². The van der Waals surface area contributed by atoms with Crippen molar-refractivity contribution in [2.75, 3.05) is 6.61 Å². The summed E-state index contributed by atoms with van der Waals surface area (Å²) in [4.78, 5) is 0. The minimum atomic E-state index is -1.53. The average molecular weight is 174 g/mol. The molecule has 1 saturated heterocycles. The van der Waals surface area contributed by atoms with Crippen molar-refractivity contribution < 1.29 is 9.16 Å². The molecule has 0 aromatic heterocycles. The Morgan fingerprint density at radius 1 is 1.36 bits per heavy atom. The van der Waals surface area contributed by atoms with Gasteiger partial charge in [-0.15, -0.1) is 0 Å². The number of hydrogen-bond acceptors (Lipinski definition) is 2. The predicted octanol–water partition coefficient (Wildman–Crippen LogP) is 2.36. The van der Waals surface area contributed by atoms with Gasteiger partial charge in [0, 0.05) is 0 Å². The summed E-state index contributed by atoms with van der Waals surface area (Å²) in [6.45, 7) is 12.0. The number of hydrogen-bond donors (Lipinski definition) is 0. The van der Waals surface area contributed by atoms with Crippen molar-refractivity contribution in [1.29, 1.82) is 0 Å². The van der Waals surface area contributed by atoms with Gasteiger partial charge in [0.15, 0.2) is 14.6 Å². The summed E-state index contributed by atoms with van der Waals surface area (Å²) >= 11 is 0. The first kappa shape index (κ1) is 9.23. The van der Waals surface area contributed by atoms with E-state index in [0.29, 0.717) is 5.04 Å². The van der Waals surface area contributed by atoms with Gasteiger partial charge in [-0.25, -0.2) is 0 Å². The highest BCUT2D eigenvalue weighted by molar-refractivity contribution is 6.74. The van der Waals surface area contributed by atoms with Crippen LogP contribution in [0.4, 0.5) is 0 Å². The third-order valence-electron chi connectivity index (χ3n) is 2.54. The fourth-order valence-electron chi connectivity index (χ4n) is 0.613. The molecule has 1 rings (SSSR count). The minimum Gasteiger partial charge on any atom is -0.391 e. The summed E-state index contributed by atoms with van der Waals surface area (Å²) in [7, 11) is -1.53. The Balaban J connectivity index is 2.49. The van der Waals surface area contributed by atoms with E-state index in [-0.39, 0.29) is 6.29 Å². The highest BCUT2D eigenvalue weighted by atomic mass is 28.4. The molecule has 0 unspecified atom stereocenters. The fraction of sp³-hybridized carbons (Fsp3) is 1.00. The molecule has 0 amide bonds. The Labute approximate surface area is 70.0 Å². The Hall–Kier alpha value is 0.137. The van der Waals surface area contributed by atoms with Gasteiger partial charge in [0.2, 0.25) is 0 Å². The van der Waals surface area contributed by atoms with Gasteiger partial charge in [-0.3, -0.25) is 0 Å². The molecule has 2 nitrogen and oxygen atoms in total. The van der Waals surface area contributed by atoms with E-state index in [0.717, 1.165) is 6.61 Å². The van der Waals surface area contributed by atoms with Gasteiger partial charge in [-0.2, -0.15) is 0 Å². The second-order valence-corrected chi connectivity index (χ2v) is 9.40. The van der Waals surface area contributed by atoms with Crippen LogP contribution in [0.5, 0.6) is 0 Å². The summed E-state index contributed by atoms with van der Waals surface area (Å²) in [5.74, 6) is 0. The molecule has 1 aliphatic rings. The highest BCUT2D eigenvalue weighted by Crippen LogP contribution is 2.38. The molecule has 0 saturated carbocycles. The lowest BCUT2D eigenvalue weighted by atomic mass is 10.2. The van der Waals surface area contributed by atoms with E-state index < -0.39 is 8.32 Å². The van der Waals surface area contributed by atoms with Crippen molar-refractivity contribution in [1.82, 2.24) is 0 Å². The van der Waals surface area contributed by atoms with Gasteiger partial charge in [0.25, 0.3) is 0 Å². The molecule has 1 fully saturated rings. The third-order valence-corrected chi connectivity index (χ3v) is 7.00. The second-order valence-electron chi connectivity index (χ2n) is 4.64. The fourth-order valence-corrected chi connectivity index (χ4v) is 1.76. The smallest absolute Gasteiger partial charge is 0.195 e. The zero-order valence-corrected chi connectivity index (χ0v) is 9.10. The minimum absolute atomic E-state index is 0.121. The van der Waals surface area contributed by atoms with Gasteiger partial charge >= 0.3 is 0 Å². The van der Waals surface area contributed by atoms with Gasteiger partial charge in [-0.1, -0.05) is 20.8 Å². The summed E-state index contributed by atoms with van der Waals surface area (Å²) in [5.41, 5.74) is 0. The Morgan fingerprint density at radius 2 is 1.82 bits per heavy atom. The van der Waals surface area contributed by atoms with E-state index in [1.807, 2.05) is 0 Å². The Bertz CT molecular complexity index is 145.